The zero-order valence-corrected chi connectivity index (χ0v) is 5.65. The highest BCUT2D eigenvalue weighted by Gasteiger charge is 2.68. The van der Waals surface area contributed by atoms with Crippen LogP contribution in [0.2, 0.25) is 0 Å². The van der Waals surface area contributed by atoms with Crippen molar-refractivity contribution in [3.63, 3.8) is 0 Å². The summed E-state index contributed by atoms with van der Waals surface area (Å²) in [6.07, 6.45) is 5.86. The van der Waals surface area contributed by atoms with Gasteiger partial charge in [-0.15, -0.1) is 0 Å². The normalized spacial score (nSPS) is 40.0. The van der Waals surface area contributed by atoms with Crippen LogP contribution < -0.4 is 0 Å². The average molecular weight is 124 g/mol. The van der Waals surface area contributed by atoms with E-state index < -0.39 is 0 Å². The lowest BCUT2D eigenvalue weighted by Crippen LogP contribution is -2.13. The molecule has 0 bridgehead atoms. The van der Waals surface area contributed by atoms with E-state index >= 15 is 0 Å². The minimum atomic E-state index is 0.729. The number of ether oxygens (including phenoxy) is 1. The molecule has 0 aromatic heterocycles. The Balaban J connectivity index is 2.00. The van der Waals surface area contributed by atoms with Crippen LogP contribution in [0.1, 0.15) is 25.7 Å². The summed E-state index contributed by atoms with van der Waals surface area (Å²) in [5, 5.41) is 0. The van der Waals surface area contributed by atoms with Gasteiger partial charge in [0.1, 0.15) is 0 Å². The Labute approximate surface area is 55.4 Å². The van der Waals surface area contributed by atoms with Gasteiger partial charge in [-0.25, -0.2) is 0 Å². The molecule has 0 radical (unpaired) electrons. The first-order valence-corrected chi connectivity index (χ1v) is 3.95. The fraction of sp³-hybridized carbons (Fsp3) is 1.00. The topological polar surface area (TPSA) is 9.23 Å². The van der Waals surface area contributed by atoms with Gasteiger partial charge in [-0.1, -0.05) is 0 Å². The van der Waals surface area contributed by atoms with E-state index in [4.69, 9.17) is 4.74 Å². The summed E-state index contributed by atoms with van der Waals surface area (Å²) in [5.41, 5.74) is 1.46. The summed E-state index contributed by atoms with van der Waals surface area (Å²) in [4.78, 5) is 0. The molecule has 1 saturated heterocycles. The van der Waals surface area contributed by atoms with Crippen molar-refractivity contribution < 1.29 is 4.74 Å². The Bertz CT molecular complexity index is 136. The molecule has 3 aliphatic rings. The SMILES string of the molecule is C1CC12COCC21CC1. The maximum Gasteiger partial charge on any atom is 0.0528 e. The maximum absolute atomic E-state index is 5.50. The van der Waals surface area contributed by atoms with E-state index in [-0.39, 0.29) is 0 Å². The van der Waals surface area contributed by atoms with Gasteiger partial charge in [0, 0.05) is 10.8 Å². The lowest BCUT2D eigenvalue weighted by molar-refractivity contribution is 0.177. The zero-order valence-electron chi connectivity index (χ0n) is 5.65. The largest absolute Gasteiger partial charge is 0.380 e. The molecule has 9 heavy (non-hydrogen) atoms. The molecular formula is C8H12O. The molecule has 1 nitrogen and oxygen atoms in total. The maximum atomic E-state index is 5.50. The van der Waals surface area contributed by atoms with Gasteiger partial charge >= 0.3 is 0 Å². The van der Waals surface area contributed by atoms with Crippen LogP contribution in [-0.4, -0.2) is 13.2 Å². The van der Waals surface area contributed by atoms with E-state index in [1.807, 2.05) is 0 Å². The highest BCUT2D eigenvalue weighted by atomic mass is 16.5. The Morgan fingerprint density at radius 1 is 0.778 bits per heavy atom. The van der Waals surface area contributed by atoms with Crippen molar-refractivity contribution in [2.75, 3.05) is 13.2 Å². The first kappa shape index (κ1) is 4.73. The Kier molecular flexibility index (Phi) is 0.563. The molecule has 0 amide bonds. The predicted octanol–water partition coefficient (Wildman–Crippen LogP) is 1.58. The van der Waals surface area contributed by atoms with Gasteiger partial charge in [-0.3, -0.25) is 0 Å². The second-order valence-electron chi connectivity index (χ2n) is 4.05. The Morgan fingerprint density at radius 3 is 1.56 bits per heavy atom. The molecule has 0 atom stereocenters. The first-order chi connectivity index (χ1) is 4.37. The molecule has 2 saturated carbocycles. The summed E-state index contributed by atoms with van der Waals surface area (Å²) in [6.45, 7) is 2.18. The second kappa shape index (κ2) is 1.07. The third-order valence-corrected chi connectivity index (χ3v) is 3.59. The Morgan fingerprint density at radius 2 is 1.22 bits per heavy atom. The van der Waals surface area contributed by atoms with Gasteiger partial charge in [-0.2, -0.15) is 0 Å². The van der Waals surface area contributed by atoms with Crippen LogP contribution in [0.3, 0.4) is 0 Å². The summed E-state index contributed by atoms with van der Waals surface area (Å²) in [5.74, 6) is 0. The summed E-state index contributed by atoms with van der Waals surface area (Å²) in [7, 11) is 0. The number of fused-ring (bicyclic) bond motifs is 1. The van der Waals surface area contributed by atoms with Crippen molar-refractivity contribution in [3.05, 3.63) is 0 Å². The van der Waals surface area contributed by atoms with E-state index in [9.17, 15) is 0 Å². The van der Waals surface area contributed by atoms with Crippen LogP contribution in [-0.2, 0) is 4.74 Å². The minimum absolute atomic E-state index is 0.729. The van der Waals surface area contributed by atoms with Crippen LogP contribution in [0.25, 0.3) is 0 Å². The van der Waals surface area contributed by atoms with Crippen molar-refractivity contribution in [1.82, 2.24) is 0 Å². The van der Waals surface area contributed by atoms with Crippen LogP contribution in [0, 0.1) is 10.8 Å². The molecule has 2 spiro atoms. The molecule has 3 fully saturated rings. The van der Waals surface area contributed by atoms with E-state index in [0.29, 0.717) is 0 Å². The summed E-state index contributed by atoms with van der Waals surface area (Å²) < 4.78 is 5.50. The lowest BCUT2D eigenvalue weighted by atomic mass is 9.90. The number of hydrogen-bond donors (Lipinski definition) is 0. The van der Waals surface area contributed by atoms with Gasteiger partial charge in [-0.05, 0) is 25.7 Å². The lowest BCUT2D eigenvalue weighted by Gasteiger charge is -2.11. The smallest absolute Gasteiger partial charge is 0.0528 e. The molecular weight excluding hydrogens is 112 g/mol. The predicted molar refractivity (Wildman–Crippen MR) is 34.2 cm³/mol. The summed E-state index contributed by atoms with van der Waals surface area (Å²) >= 11 is 0. The van der Waals surface area contributed by atoms with Gasteiger partial charge in [0.05, 0.1) is 13.2 Å². The van der Waals surface area contributed by atoms with Crippen molar-refractivity contribution >= 4 is 0 Å². The van der Waals surface area contributed by atoms with E-state index in [0.717, 1.165) is 24.0 Å². The molecule has 1 heterocycles. The fourth-order valence-electron chi connectivity index (χ4n) is 2.40. The van der Waals surface area contributed by atoms with Crippen molar-refractivity contribution in [1.29, 1.82) is 0 Å². The highest BCUT2D eigenvalue weighted by Crippen LogP contribution is 2.73. The van der Waals surface area contributed by atoms with Crippen LogP contribution >= 0.6 is 0 Å². The number of hydrogen-bond acceptors (Lipinski definition) is 1. The fourth-order valence-corrected chi connectivity index (χ4v) is 2.40. The zero-order chi connectivity index (χ0) is 5.95. The molecule has 0 unspecified atom stereocenters. The molecule has 0 N–H and O–H groups in total. The van der Waals surface area contributed by atoms with E-state index in [1.54, 1.807) is 0 Å². The van der Waals surface area contributed by atoms with E-state index in [1.165, 1.54) is 25.7 Å². The first-order valence-electron chi connectivity index (χ1n) is 3.95. The third-order valence-electron chi connectivity index (χ3n) is 3.59. The van der Waals surface area contributed by atoms with Crippen molar-refractivity contribution in [2.45, 2.75) is 25.7 Å². The molecule has 0 aromatic carbocycles. The van der Waals surface area contributed by atoms with Crippen LogP contribution in [0.5, 0.6) is 0 Å². The Hall–Kier alpha value is -0.0400. The van der Waals surface area contributed by atoms with Gasteiger partial charge in [0.25, 0.3) is 0 Å². The molecule has 50 valence electrons. The molecule has 0 aromatic rings. The second-order valence-corrected chi connectivity index (χ2v) is 4.05. The molecule has 3 rings (SSSR count). The standard InChI is InChI=1S/C8H12O/c1-2-7(1)5-9-6-8(7)3-4-8/h1-6H2. The van der Waals surface area contributed by atoms with Crippen molar-refractivity contribution in [2.24, 2.45) is 10.8 Å². The van der Waals surface area contributed by atoms with Gasteiger partial charge < -0.3 is 4.74 Å². The average Bonchev–Trinajstić information content (AvgIpc) is 2.51. The third kappa shape index (κ3) is 0.389. The van der Waals surface area contributed by atoms with Crippen LogP contribution in [0.15, 0.2) is 0 Å². The van der Waals surface area contributed by atoms with Crippen LogP contribution in [0.4, 0.5) is 0 Å². The van der Waals surface area contributed by atoms with Crippen molar-refractivity contribution in [3.8, 4) is 0 Å². The number of rotatable bonds is 0. The summed E-state index contributed by atoms with van der Waals surface area (Å²) in [6, 6.07) is 0. The quantitative estimate of drug-likeness (QED) is 0.476. The monoisotopic (exact) mass is 124 g/mol. The molecule has 1 aliphatic heterocycles. The molecule has 2 aliphatic carbocycles. The molecule has 1 heteroatoms. The minimum Gasteiger partial charge on any atom is -0.380 e. The highest BCUT2D eigenvalue weighted by molar-refractivity contribution is 5.17. The van der Waals surface area contributed by atoms with E-state index in [2.05, 4.69) is 0 Å². The van der Waals surface area contributed by atoms with Gasteiger partial charge in [0.15, 0.2) is 0 Å². The van der Waals surface area contributed by atoms with Gasteiger partial charge in [0.2, 0.25) is 0 Å².